The van der Waals surface area contributed by atoms with Crippen molar-refractivity contribution in [2.75, 3.05) is 19.6 Å². The minimum absolute atomic E-state index is 0.0315. The van der Waals surface area contributed by atoms with Crippen molar-refractivity contribution < 1.29 is 8.78 Å². The first-order valence-electron chi connectivity index (χ1n) is 7.53. The van der Waals surface area contributed by atoms with Crippen LogP contribution in [-0.2, 0) is 0 Å². The van der Waals surface area contributed by atoms with Crippen molar-refractivity contribution in [1.82, 2.24) is 5.32 Å². The smallest absolute Gasteiger partial charge is 0.133 e. The maximum Gasteiger partial charge on any atom is 0.133 e. The van der Waals surface area contributed by atoms with Crippen LogP contribution in [0.25, 0.3) is 11.1 Å². The third kappa shape index (κ3) is 2.15. The number of nitrogens with zero attached hydrogens (tertiary/aromatic N) is 1. The Morgan fingerprint density at radius 3 is 2.68 bits per heavy atom. The van der Waals surface area contributed by atoms with E-state index < -0.39 is 11.6 Å². The molecule has 2 aromatic rings. The first-order chi connectivity index (χ1) is 10.7. The molecule has 0 spiro atoms. The van der Waals surface area contributed by atoms with Crippen molar-refractivity contribution in [2.24, 2.45) is 10.9 Å². The van der Waals surface area contributed by atoms with Gasteiger partial charge in [0.15, 0.2) is 0 Å². The third-order valence-corrected chi connectivity index (χ3v) is 4.65. The summed E-state index contributed by atoms with van der Waals surface area (Å²) in [4.78, 5) is 4.48. The van der Waals surface area contributed by atoms with Crippen molar-refractivity contribution in [2.45, 2.75) is 5.92 Å². The maximum atomic E-state index is 14.0. The third-order valence-electron chi connectivity index (χ3n) is 4.65. The first kappa shape index (κ1) is 13.6. The van der Waals surface area contributed by atoms with E-state index in [2.05, 4.69) is 10.3 Å². The van der Waals surface area contributed by atoms with Crippen molar-refractivity contribution >= 4 is 6.21 Å². The molecule has 1 fully saturated rings. The molecule has 22 heavy (non-hydrogen) atoms. The molecule has 112 valence electrons. The fourth-order valence-corrected chi connectivity index (χ4v) is 3.53. The molecule has 2 unspecified atom stereocenters. The van der Waals surface area contributed by atoms with E-state index in [4.69, 9.17) is 0 Å². The van der Waals surface area contributed by atoms with Crippen LogP contribution < -0.4 is 5.32 Å². The van der Waals surface area contributed by atoms with Gasteiger partial charge in [-0.25, -0.2) is 8.78 Å². The van der Waals surface area contributed by atoms with Crippen molar-refractivity contribution in [3.05, 3.63) is 59.2 Å². The highest BCUT2D eigenvalue weighted by atomic mass is 19.1. The highest BCUT2D eigenvalue weighted by Crippen LogP contribution is 2.35. The number of benzene rings is 2. The SMILES string of the molecule is Fc1cccc(F)c1-c1ccc2c(c1)C=NCC1CNCC21. The summed E-state index contributed by atoms with van der Waals surface area (Å²) in [5.41, 5.74) is 2.78. The van der Waals surface area contributed by atoms with Crippen LogP contribution in [0.4, 0.5) is 8.78 Å². The molecular weight excluding hydrogens is 282 g/mol. The van der Waals surface area contributed by atoms with Gasteiger partial charge < -0.3 is 5.32 Å². The second-order valence-corrected chi connectivity index (χ2v) is 5.96. The van der Waals surface area contributed by atoms with Gasteiger partial charge in [0.1, 0.15) is 11.6 Å². The zero-order valence-electron chi connectivity index (χ0n) is 12.0. The molecule has 2 aliphatic rings. The standard InChI is InChI=1S/C18H16F2N2/c19-16-2-1-3-17(20)18(16)11-4-5-14-12(6-11)7-21-8-13-9-22-10-15(13)14/h1-7,13,15,22H,8-10H2. The molecule has 1 N–H and O–H groups in total. The summed E-state index contributed by atoms with van der Waals surface area (Å²) < 4.78 is 28.0. The van der Waals surface area contributed by atoms with Crippen LogP contribution >= 0.6 is 0 Å². The van der Waals surface area contributed by atoms with Gasteiger partial charge in [-0.15, -0.1) is 0 Å². The van der Waals surface area contributed by atoms with Crippen LogP contribution in [0, 0.1) is 17.6 Å². The fraction of sp³-hybridized carbons (Fsp3) is 0.278. The Hall–Kier alpha value is -2.07. The Labute approximate surface area is 127 Å². The van der Waals surface area contributed by atoms with E-state index in [0.717, 1.165) is 25.2 Å². The molecule has 4 rings (SSSR count). The summed E-state index contributed by atoms with van der Waals surface area (Å²) in [5.74, 6) is -0.137. The zero-order valence-corrected chi connectivity index (χ0v) is 12.0. The molecule has 4 heteroatoms. The molecule has 2 nitrogen and oxygen atoms in total. The van der Waals surface area contributed by atoms with E-state index in [1.54, 1.807) is 0 Å². The van der Waals surface area contributed by atoms with Gasteiger partial charge in [-0.05, 0) is 40.8 Å². The number of halogens is 2. The molecule has 0 radical (unpaired) electrons. The van der Waals surface area contributed by atoms with Crippen LogP contribution in [0.2, 0.25) is 0 Å². The number of fused-ring (bicyclic) bond motifs is 3. The van der Waals surface area contributed by atoms with Gasteiger partial charge in [0.05, 0.1) is 5.56 Å². The Bertz CT molecular complexity index is 734. The van der Waals surface area contributed by atoms with E-state index in [9.17, 15) is 8.78 Å². The summed E-state index contributed by atoms with van der Waals surface area (Å²) >= 11 is 0. The number of nitrogens with one attached hydrogen (secondary N) is 1. The number of rotatable bonds is 1. The summed E-state index contributed by atoms with van der Waals surface area (Å²) in [6.45, 7) is 2.72. The lowest BCUT2D eigenvalue weighted by Gasteiger charge is -2.17. The highest BCUT2D eigenvalue weighted by molar-refractivity contribution is 5.85. The minimum Gasteiger partial charge on any atom is -0.316 e. The topological polar surface area (TPSA) is 24.4 Å². The van der Waals surface area contributed by atoms with Gasteiger partial charge in [0.25, 0.3) is 0 Å². The van der Waals surface area contributed by atoms with Gasteiger partial charge in [0.2, 0.25) is 0 Å². The molecule has 2 aromatic carbocycles. The van der Waals surface area contributed by atoms with Gasteiger partial charge in [-0.1, -0.05) is 18.2 Å². The normalized spacial score (nSPS) is 23.0. The summed E-state index contributed by atoms with van der Waals surface area (Å²) in [5, 5.41) is 3.40. The number of hydrogen-bond acceptors (Lipinski definition) is 2. The molecule has 0 aromatic heterocycles. The first-order valence-corrected chi connectivity index (χ1v) is 7.53. The summed E-state index contributed by atoms with van der Waals surface area (Å²) in [7, 11) is 0. The Morgan fingerprint density at radius 1 is 1.05 bits per heavy atom. The van der Waals surface area contributed by atoms with Crippen LogP contribution in [-0.4, -0.2) is 25.8 Å². The fourth-order valence-electron chi connectivity index (χ4n) is 3.53. The Morgan fingerprint density at radius 2 is 1.86 bits per heavy atom. The molecule has 2 aliphatic heterocycles. The molecule has 0 aliphatic carbocycles. The number of hydrogen-bond donors (Lipinski definition) is 1. The molecule has 2 atom stereocenters. The largest absolute Gasteiger partial charge is 0.316 e. The predicted octanol–water partition coefficient (Wildman–Crippen LogP) is 3.37. The quantitative estimate of drug-likeness (QED) is 0.857. The molecule has 0 saturated carbocycles. The van der Waals surface area contributed by atoms with E-state index in [0.29, 0.717) is 17.4 Å². The van der Waals surface area contributed by atoms with E-state index in [-0.39, 0.29) is 5.56 Å². The van der Waals surface area contributed by atoms with Crippen molar-refractivity contribution in [3.8, 4) is 11.1 Å². The van der Waals surface area contributed by atoms with Gasteiger partial charge in [-0.2, -0.15) is 0 Å². The number of aliphatic imine (C=N–C) groups is 1. The lowest BCUT2D eigenvalue weighted by molar-refractivity contribution is 0.537. The van der Waals surface area contributed by atoms with Crippen LogP contribution in [0.1, 0.15) is 17.0 Å². The second-order valence-electron chi connectivity index (χ2n) is 5.96. The van der Waals surface area contributed by atoms with Crippen molar-refractivity contribution in [3.63, 3.8) is 0 Å². The highest BCUT2D eigenvalue weighted by Gasteiger charge is 2.31. The average molecular weight is 298 g/mol. The van der Waals surface area contributed by atoms with Gasteiger partial charge in [0, 0.05) is 31.8 Å². The van der Waals surface area contributed by atoms with Crippen molar-refractivity contribution in [1.29, 1.82) is 0 Å². The van der Waals surface area contributed by atoms with Gasteiger partial charge >= 0.3 is 0 Å². The lowest BCUT2D eigenvalue weighted by Crippen LogP contribution is -2.13. The maximum absolute atomic E-state index is 14.0. The molecule has 2 heterocycles. The zero-order chi connectivity index (χ0) is 15.1. The molecule has 0 bridgehead atoms. The van der Waals surface area contributed by atoms with Crippen LogP contribution in [0.5, 0.6) is 0 Å². The monoisotopic (exact) mass is 298 g/mol. The molecule has 1 saturated heterocycles. The minimum atomic E-state index is -0.536. The van der Waals surface area contributed by atoms with E-state index >= 15 is 0 Å². The van der Waals surface area contributed by atoms with E-state index in [1.165, 1.54) is 23.8 Å². The Balaban J connectivity index is 1.83. The lowest BCUT2D eigenvalue weighted by atomic mass is 9.86. The second kappa shape index (κ2) is 5.29. The predicted molar refractivity (Wildman–Crippen MR) is 83.4 cm³/mol. The van der Waals surface area contributed by atoms with Crippen LogP contribution in [0.3, 0.4) is 0 Å². The van der Waals surface area contributed by atoms with Crippen LogP contribution in [0.15, 0.2) is 41.4 Å². The van der Waals surface area contributed by atoms with Gasteiger partial charge in [-0.3, -0.25) is 4.99 Å². The summed E-state index contributed by atoms with van der Waals surface area (Å²) in [6, 6.07) is 9.62. The molecule has 0 amide bonds. The molecular formula is C18H16F2N2. The summed E-state index contributed by atoms with van der Waals surface area (Å²) in [6.07, 6.45) is 1.84. The average Bonchev–Trinajstić information content (AvgIpc) is 2.89. The Kier molecular flexibility index (Phi) is 3.26. The van der Waals surface area contributed by atoms with E-state index in [1.807, 2.05) is 24.4 Å².